The highest BCUT2D eigenvalue weighted by Crippen LogP contribution is 2.30. The van der Waals surface area contributed by atoms with Crippen LogP contribution in [0.5, 0.6) is 5.75 Å². The second kappa shape index (κ2) is 12.2. The van der Waals surface area contributed by atoms with Crippen LogP contribution in [0, 0.1) is 12.8 Å². The number of phenolic OH excluding ortho intramolecular Hbond substituents is 1. The third kappa shape index (κ3) is 6.10. The summed E-state index contributed by atoms with van der Waals surface area (Å²) in [7, 11) is 1.85. The van der Waals surface area contributed by atoms with Crippen LogP contribution in [0.2, 0.25) is 0 Å². The molecule has 3 heterocycles. The Labute approximate surface area is 249 Å². The number of nitrogens with zero attached hydrogens (tertiary/aromatic N) is 4. The van der Waals surface area contributed by atoms with Crippen LogP contribution < -0.4 is 15.7 Å². The van der Waals surface area contributed by atoms with Gasteiger partial charge in [0.05, 0.1) is 17.9 Å². The molecular formula is C33H40BN5O3. The zero-order chi connectivity index (χ0) is 30.9. The summed E-state index contributed by atoms with van der Waals surface area (Å²) in [6.45, 7) is 20.8. The summed E-state index contributed by atoms with van der Waals surface area (Å²) in [6.07, 6.45) is 7.73. The van der Waals surface area contributed by atoms with Gasteiger partial charge in [-0.3, -0.25) is 19.2 Å². The lowest BCUT2D eigenvalue weighted by Gasteiger charge is -2.20. The number of aryl methyl sites for hydroxylation is 1. The Morgan fingerprint density at radius 3 is 2.55 bits per heavy atom. The third-order valence-corrected chi connectivity index (χ3v) is 7.97. The first kappa shape index (κ1) is 30.6. The second-order valence-electron chi connectivity index (χ2n) is 11.6. The summed E-state index contributed by atoms with van der Waals surface area (Å²) in [5.41, 5.74) is 6.61. The Bertz CT molecular complexity index is 1600. The molecule has 0 aliphatic carbocycles. The Hall–Kier alpha value is -4.40. The van der Waals surface area contributed by atoms with Crippen molar-refractivity contribution in [3.8, 4) is 5.75 Å². The van der Waals surface area contributed by atoms with Crippen molar-refractivity contribution < 1.29 is 14.7 Å². The summed E-state index contributed by atoms with van der Waals surface area (Å²) < 4.78 is 1.77. The number of carbonyl (C=O) groups is 2. The summed E-state index contributed by atoms with van der Waals surface area (Å²) >= 11 is 0. The van der Waals surface area contributed by atoms with Crippen LogP contribution in [0.1, 0.15) is 75.3 Å². The number of nitrogens with one attached hydrogen (secondary N) is 1. The molecule has 42 heavy (non-hydrogen) atoms. The Morgan fingerprint density at radius 1 is 1.24 bits per heavy atom. The molecule has 4 rings (SSSR count). The van der Waals surface area contributed by atoms with Crippen LogP contribution in [0.3, 0.4) is 0 Å². The van der Waals surface area contributed by atoms with Gasteiger partial charge in [0.1, 0.15) is 19.4 Å². The molecule has 1 unspecified atom stereocenters. The van der Waals surface area contributed by atoms with Crippen molar-refractivity contribution in [2.45, 2.75) is 59.9 Å². The van der Waals surface area contributed by atoms with E-state index in [0.717, 1.165) is 34.1 Å². The highest BCUT2D eigenvalue weighted by Gasteiger charge is 2.31. The molecule has 8 nitrogen and oxygen atoms in total. The minimum atomic E-state index is -0.328. The van der Waals surface area contributed by atoms with Crippen LogP contribution in [0.15, 0.2) is 67.2 Å². The normalized spacial score (nSPS) is 16.2. The van der Waals surface area contributed by atoms with Gasteiger partial charge in [0.25, 0.3) is 5.91 Å². The van der Waals surface area contributed by atoms with Crippen molar-refractivity contribution in [2.24, 2.45) is 5.92 Å². The second-order valence-corrected chi connectivity index (χ2v) is 11.6. The first-order valence-corrected chi connectivity index (χ1v) is 14.3. The van der Waals surface area contributed by atoms with E-state index < -0.39 is 0 Å². The standard InChI is InChI=1S/C33H40BN5O3/c1-18(2)26-9-10-28(40)30(34)29(26)21(6)14-27(19(3)4)32(41)37-25-16-36-39(17-25)23(8)24-13-22(7)31(35-15-24)38-12-11-20(5)33(38)42/h9-10,13-18,20,23,40H,3,6,11-12,34H2,1-2,4-5,7-8H3,(H,37,41)/b27-14+/t20-,23?/m1/s1. The first-order chi connectivity index (χ1) is 19.8. The third-order valence-electron chi connectivity index (χ3n) is 7.97. The number of allylic oxidation sites excluding steroid dienone is 2. The van der Waals surface area contributed by atoms with Gasteiger partial charge in [0, 0.05) is 30.4 Å². The van der Waals surface area contributed by atoms with E-state index in [9.17, 15) is 14.7 Å². The lowest BCUT2D eigenvalue weighted by Crippen LogP contribution is -2.28. The summed E-state index contributed by atoms with van der Waals surface area (Å²) in [5.74, 6) is 0.908. The molecule has 2 atom stereocenters. The molecule has 0 saturated carbocycles. The van der Waals surface area contributed by atoms with Crippen LogP contribution in [-0.2, 0) is 9.59 Å². The predicted octanol–water partition coefficient (Wildman–Crippen LogP) is 4.81. The average Bonchev–Trinajstić information content (AvgIpc) is 3.53. The molecule has 0 bridgehead atoms. The molecule has 2 aromatic heterocycles. The zero-order valence-corrected chi connectivity index (χ0v) is 25.7. The Balaban J connectivity index is 1.53. The topological polar surface area (TPSA) is 100 Å². The fourth-order valence-electron chi connectivity index (χ4n) is 5.36. The van der Waals surface area contributed by atoms with E-state index in [1.165, 1.54) is 0 Å². The number of anilines is 2. The molecule has 0 radical (unpaired) electrons. The van der Waals surface area contributed by atoms with E-state index >= 15 is 0 Å². The maximum Gasteiger partial charge on any atom is 0.256 e. The Morgan fingerprint density at radius 2 is 1.95 bits per heavy atom. The van der Waals surface area contributed by atoms with Crippen LogP contribution in [0.25, 0.3) is 5.57 Å². The molecule has 9 heteroatoms. The van der Waals surface area contributed by atoms with Crippen molar-refractivity contribution in [3.63, 3.8) is 0 Å². The molecule has 3 aromatic rings. The van der Waals surface area contributed by atoms with E-state index in [2.05, 4.69) is 42.4 Å². The Kier molecular flexibility index (Phi) is 8.90. The van der Waals surface area contributed by atoms with Crippen molar-refractivity contribution in [3.05, 3.63) is 89.4 Å². The SMILES string of the molecule is Bc1c(O)ccc(C(C)C)c1C(=C)/C=C(\C(=C)C)C(=O)Nc1cnn(C(C)c2cnc(N3CC[C@@H](C)C3=O)c(C)c2)c1. The summed E-state index contributed by atoms with van der Waals surface area (Å²) in [4.78, 5) is 32.3. The van der Waals surface area contributed by atoms with Crippen molar-refractivity contribution >= 4 is 42.2 Å². The van der Waals surface area contributed by atoms with E-state index in [4.69, 9.17) is 0 Å². The van der Waals surface area contributed by atoms with Gasteiger partial charge < -0.3 is 10.4 Å². The van der Waals surface area contributed by atoms with E-state index in [1.807, 2.05) is 40.8 Å². The van der Waals surface area contributed by atoms with Crippen LogP contribution in [-0.4, -0.2) is 46.1 Å². The number of benzene rings is 1. The number of carbonyl (C=O) groups excluding carboxylic acids is 2. The monoisotopic (exact) mass is 565 g/mol. The van der Waals surface area contributed by atoms with Gasteiger partial charge in [-0.1, -0.05) is 40.0 Å². The van der Waals surface area contributed by atoms with Crippen LogP contribution >= 0.6 is 0 Å². The molecule has 0 spiro atoms. The smallest absolute Gasteiger partial charge is 0.256 e. The van der Waals surface area contributed by atoms with Gasteiger partial charge in [-0.25, -0.2) is 4.98 Å². The number of pyridine rings is 1. The first-order valence-electron chi connectivity index (χ1n) is 14.3. The number of hydrogen-bond acceptors (Lipinski definition) is 5. The molecular weight excluding hydrogens is 525 g/mol. The fourth-order valence-corrected chi connectivity index (χ4v) is 5.36. The summed E-state index contributed by atoms with van der Waals surface area (Å²) in [6, 6.07) is 5.47. The molecule has 1 aliphatic rings. The molecule has 1 fully saturated rings. The zero-order valence-electron chi connectivity index (χ0n) is 25.7. The quantitative estimate of drug-likeness (QED) is 0.220. The maximum absolute atomic E-state index is 13.4. The number of rotatable bonds is 9. The number of amides is 2. The van der Waals surface area contributed by atoms with E-state index in [0.29, 0.717) is 34.8 Å². The summed E-state index contributed by atoms with van der Waals surface area (Å²) in [5, 5.41) is 17.8. The van der Waals surface area contributed by atoms with E-state index in [-0.39, 0.29) is 35.4 Å². The van der Waals surface area contributed by atoms with Crippen molar-refractivity contribution in [1.29, 1.82) is 0 Å². The molecule has 218 valence electrons. The minimum absolute atomic E-state index is 0.0224. The lowest BCUT2D eigenvalue weighted by molar-refractivity contribution is -0.120. The molecule has 1 aliphatic heterocycles. The highest BCUT2D eigenvalue weighted by molar-refractivity contribution is 6.37. The molecule has 2 N–H and O–H groups in total. The molecule has 2 amide bonds. The van der Waals surface area contributed by atoms with Gasteiger partial charge in [-0.15, -0.1) is 0 Å². The number of phenols is 1. The molecule has 1 aromatic carbocycles. The minimum Gasteiger partial charge on any atom is -0.509 e. The van der Waals surface area contributed by atoms with Gasteiger partial charge in [-0.2, -0.15) is 5.10 Å². The highest BCUT2D eigenvalue weighted by atomic mass is 16.3. The van der Waals surface area contributed by atoms with Crippen molar-refractivity contribution in [1.82, 2.24) is 14.8 Å². The lowest BCUT2D eigenvalue weighted by atomic mass is 9.80. The van der Waals surface area contributed by atoms with Gasteiger partial charge >= 0.3 is 0 Å². The average molecular weight is 566 g/mol. The van der Waals surface area contributed by atoms with Crippen molar-refractivity contribution in [2.75, 3.05) is 16.8 Å². The number of hydrogen-bond donors (Lipinski definition) is 2. The van der Waals surface area contributed by atoms with E-state index in [1.54, 1.807) is 47.2 Å². The van der Waals surface area contributed by atoms with Crippen LogP contribution in [0.4, 0.5) is 11.5 Å². The fraction of sp³-hybridized carbons (Fsp3) is 0.333. The predicted molar refractivity (Wildman–Crippen MR) is 172 cm³/mol. The van der Waals surface area contributed by atoms with Gasteiger partial charge in [0.2, 0.25) is 5.91 Å². The largest absolute Gasteiger partial charge is 0.509 e. The number of aromatic hydroxyl groups is 1. The molecule has 1 saturated heterocycles. The number of aromatic nitrogens is 3. The van der Waals surface area contributed by atoms with Gasteiger partial charge in [-0.05, 0) is 90.2 Å². The maximum atomic E-state index is 13.4. The van der Waals surface area contributed by atoms with Gasteiger partial charge in [0.15, 0.2) is 0 Å².